The van der Waals surface area contributed by atoms with Crippen LogP contribution in [0.3, 0.4) is 0 Å². The van der Waals surface area contributed by atoms with E-state index in [0.29, 0.717) is 0 Å². The largest absolute Gasteiger partial charge is 0.372 e. The quantitative estimate of drug-likeness (QED) is 0.562. The Bertz CT molecular complexity index is 310. The van der Waals surface area contributed by atoms with Crippen LogP contribution in [0.15, 0.2) is 23.4 Å². The van der Waals surface area contributed by atoms with Gasteiger partial charge in [-0.15, -0.1) is 0 Å². The zero-order valence-corrected chi connectivity index (χ0v) is 14.1. The van der Waals surface area contributed by atoms with E-state index in [-0.39, 0.29) is 0 Å². The van der Waals surface area contributed by atoms with Crippen LogP contribution >= 0.6 is 0 Å². The summed E-state index contributed by atoms with van der Waals surface area (Å²) in [7, 11) is 0. The number of hydrogen-bond donors (Lipinski definition) is 0. The van der Waals surface area contributed by atoms with Crippen LogP contribution in [-0.4, -0.2) is 18.0 Å². The molecule has 1 fully saturated rings. The van der Waals surface area contributed by atoms with Crippen molar-refractivity contribution < 1.29 is 0 Å². The molecular weight excluding hydrogens is 242 g/mol. The maximum Gasteiger partial charge on any atom is 0.0324 e. The summed E-state index contributed by atoms with van der Waals surface area (Å²) in [4.78, 5) is 2.49. The second-order valence-corrected chi connectivity index (χ2v) is 6.44. The summed E-state index contributed by atoms with van der Waals surface area (Å²) in [5.41, 5.74) is 4.27. The second kappa shape index (κ2) is 10.1. The van der Waals surface area contributed by atoms with Crippen molar-refractivity contribution >= 4 is 0 Å². The Balaban J connectivity index is 2.68. The smallest absolute Gasteiger partial charge is 0.0324 e. The normalized spacial score (nSPS) is 20.6. The molecule has 0 aromatic rings. The predicted octanol–water partition coefficient (Wildman–Crippen LogP) is 6.07. The van der Waals surface area contributed by atoms with Gasteiger partial charge in [0.25, 0.3) is 0 Å². The van der Waals surface area contributed by atoms with Crippen LogP contribution in [0.2, 0.25) is 0 Å². The summed E-state index contributed by atoms with van der Waals surface area (Å²) < 4.78 is 0. The topological polar surface area (TPSA) is 3.24 Å². The van der Waals surface area contributed by atoms with Crippen LogP contribution < -0.4 is 0 Å². The van der Waals surface area contributed by atoms with E-state index in [9.17, 15) is 0 Å². The highest BCUT2D eigenvalue weighted by Gasteiger charge is 2.12. The summed E-state index contributed by atoms with van der Waals surface area (Å²) in [6.45, 7) is 13.4. The van der Waals surface area contributed by atoms with Gasteiger partial charge in [0.05, 0.1) is 0 Å². The van der Waals surface area contributed by atoms with Crippen molar-refractivity contribution in [2.45, 2.75) is 85.0 Å². The summed E-state index contributed by atoms with van der Waals surface area (Å²) >= 11 is 0. The summed E-state index contributed by atoms with van der Waals surface area (Å²) in [6, 6.07) is 0. The molecule has 0 N–H and O–H groups in total. The lowest BCUT2D eigenvalue weighted by Gasteiger charge is -2.28. The molecule has 0 unspecified atom stereocenters. The first-order valence-corrected chi connectivity index (χ1v) is 8.77. The Hall–Kier alpha value is -0.720. The van der Waals surface area contributed by atoms with Crippen molar-refractivity contribution in [1.82, 2.24) is 4.90 Å². The van der Waals surface area contributed by atoms with Crippen molar-refractivity contribution in [3.63, 3.8) is 0 Å². The average molecular weight is 277 g/mol. The van der Waals surface area contributed by atoms with Crippen molar-refractivity contribution in [3.8, 4) is 0 Å². The van der Waals surface area contributed by atoms with E-state index in [4.69, 9.17) is 0 Å². The summed E-state index contributed by atoms with van der Waals surface area (Å²) in [6.07, 6.45) is 13.8. The van der Waals surface area contributed by atoms with Crippen LogP contribution in [0.4, 0.5) is 0 Å². The van der Waals surface area contributed by atoms with E-state index in [2.05, 4.69) is 32.3 Å². The van der Waals surface area contributed by atoms with Gasteiger partial charge in [-0.1, -0.05) is 57.1 Å². The monoisotopic (exact) mass is 277 g/mol. The first kappa shape index (κ1) is 17.3. The van der Waals surface area contributed by atoms with Gasteiger partial charge in [0.2, 0.25) is 0 Å². The van der Waals surface area contributed by atoms with Gasteiger partial charge in [-0.05, 0) is 45.6 Å². The van der Waals surface area contributed by atoms with E-state index in [1.165, 1.54) is 87.6 Å². The average Bonchev–Trinajstić information content (AvgIpc) is 2.42. The fourth-order valence-corrected chi connectivity index (χ4v) is 3.20. The third kappa shape index (κ3) is 6.15. The molecule has 1 heteroatoms. The molecule has 0 amide bonds. The zero-order valence-electron chi connectivity index (χ0n) is 14.1. The lowest BCUT2D eigenvalue weighted by Crippen LogP contribution is -2.25. The molecule has 0 aliphatic carbocycles. The standard InChI is InChI=1S/C19H35N/c1-5-20-16-14-12-10-8-6-7-9-11-13-15-19(17(2)3)18(20)4/h4-16H2,1-3H3. The van der Waals surface area contributed by atoms with Crippen LogP contribution in [0.1, 0.15) is 85.0 Å². The minimum atomic E-state index is 1.09. The van der Waals surface area contributed by atoms with E-state index in [0.717, 1.165) is 6.54 Å². The molecule has 1 heterocycles. The minimum Gasteiger partial charge on any atom is -0.372 e. The third-order valence-electron chi connectivity index (χ3n) is 4.57. The molecular formula is C19H35N. The van der Waals surface area contributed by atoms with E-state index in [1.807, 2.05) is 0 Å². The molecule has 0 radical (unpaired) electrons. The molecule has 0 bridgehead atoms. The van der Waals surface area contributed by atoms with Gasteiger partial charge in [-0.2, -0.15) is 0 Å². The van der Waals surface area contributed by atoms with Crippen LogP contribution in [0, 0.1) is 0 Å². The fourth-order valence-electron chi connectivity index (χ4n) is 3.20. The number of likely N-dealkylation sites (N-methyl/N-ethyl adjacent to an activating group) is 1. The SMILES string of the molecule is C=C1C(=C(C)C)CCCCCCCCCCCN1CC. The van der Waals surface area contributed by atoms with Crippen LogP contribution in [0.5, 0.6) is 0 Å². The fraction of sp³-hybridized carbons (Fsp3) is 0.789. The van der Waals surface area contributed by atoms with E-state index in [1.54, 1.807) is 0 Å². The Labute approximate surface area is 127 Å². The zero-order chi connectivity index (χ0) is 14.8. The van der Waals surface area contributed by atoms with Crippen molar-refractivity contribution in [2.24, 2.45) is 0 Å². The molecule has 0 aromatic carbocycles. The number of rotatable bonds is 1. The van der Waals surface area contributed by atoms with Gasteiger partial charge in [-0.3, -0.25) is 0 Å². The predicted molar refractivity (Wildman–Crippen MR) is 90.9 cm³/mol. The Kier molecular flexibility index (Phi) is 8.73. The molecule has 0 atom stereocenters. The van der Waals surface area contributed by atoms with E-state index >= 15 is 0 Å². The van der Waals surface area contributed by atoms with Gasteiger partial charge >= 0.3 is 0 Å². The molecule has 1 saturated heterocycles. The Morgan fingerprint density at radius 3 is 1.90 bits per heavy atom. The highest BCUT2D eigenvalue weighted by molar-refractivity contribution is 5.31. The number of allylic oxidation sites excluding steroid dienone is 2. The molecule has 0 saturated carbocycles. The maximum atomic E-state index is 4.41. The Morgan fingerprint density at radius 2 is 1.40 bits per heavy atom. The van der Waals surface area contributed by atoms with Crippen LogP contribution in [-0.2, 0) is 0 Å². The number of nitrogens with zero attached hydrogens (tertiary/aromatic N) is 1. The molecule has 0 spiro atoms. The molecule has 116 valence electrons. The first-order valence-electron chi connectivity index (χ1n) is 8.77. The maximum absolute atomic E-state index is 4.41. The van der Waals surface area contributed by atoms with Gasteiger partial charge in [0.1, 0.15) is 0 Å². The highest BCUT2D eigenvalue weighted by atomic mass is 15.1. The molecule has 20 heavy (non-hydrogen) atoms. The van der Waals surface area contributed by atoms with Gasteiger partial charge in [-0.25, -0.2) is 0 Å². The van der Waals surface area contributed by atoms with Crippen molar-refractivity contribution in [2.75, 3.05) is 13.1 Å². The Morgan fingerprint density at radius 1 is 0.900 bits per heavy atom. The molecule has 1 nitrogen and oxygen atoms in total. The number of hydrogen-bond acceptors (Lipinski definition) is 1. The van der Waals surface area contributed by atoms with Gasteiger partial charge in [0, 0.05) is 18.8 Å². The lowest BCUT2D eigenvalue weighted by molar-refractivity contribution is 0.352. The van der Waals surface area contributed by atoms with Crippen molar-refractivity contribution in [3.05, 3.63) is 23.4 Å². The summed E-state index contributed by atoms with van der Waals surface area (Å²) in [5.74, 6) is 0. The van der Waals surface area contributed by atoms with Gasteiger partial charge in [0.15, 0.2) is 0 Å². The van der Waals surface area contributed by atoms with Crippen LogP contribution in [0.25, 0.3) is 0 Å². The molecule has 1 aliphatic rings. The molecule has 0 aromatic heterocycles. The van der Waals surface area contributed by atoms with E-state index < -0.39 is 0 Å². The lowest BCUT2D eigenvalue weighted by atomic mass is 9.98. The van der Waals surface area contributed by atoms with Crippen molar-refractivity contribution in [1.29, 1.82) is 0 Å². The highest BCUT2D eigenvalue weighted by Crippen LogP contribution is 2.25. The summed E-state index contributed by atoms with van der Waals surface area (Å²) in [5, 5.41) is 0. The van der Waals surface area contributed by atoms with Gasteiger partial charge < -0.3 is 4.90 Å². The minimum absolute atomic E-state index is 1.09. The third-order valence-corrected chi connectivity index (χ3v) is 4.57. The molecule has 1 rings (SSSR count). The molecule has 1 aliphatic heterocycles. The first-order chi connectivity index (χ1) is 9.66. The second-order valence-electron chi connectivity index (χ2n) is 6.44.